The largest absolute Gasteiger partial charge is 0.468 e. The van der Waals surface area contributed by atoms with Gasteiger partial charge in [-0.25, -0.2) is 4.98 Å². The molecule has 0 N–H and O–H groups in total. The van der Waals surface area contributed by atoms with Gasteiger partial charge in [0.2, 0.25) is 0 Å². The fourth-order valence-corrected chi connectivity index (χ4v) is 5.55. The molecule has 158 valence electrons. The molecule has 6 nitrogen and oxygen atoms in total. The summed E-state index contributed by atoms with van der Waals surface area (Å²) in [4.78, 5) is 32.0. The summed E-state index contributed by atoms with van der Waals surface area (Å²) in [6.45, 7) is 6.78. The molecule has 0 bridgehead atoms. The van der Waals surface area contributed by atoms with Crippen LogP contribution in [0.3, 0.4) is 0 Å². The maximum absolute atomic E-state index is 13.7. The van der Waals surface area contributed by atoms with E-state index in [9.17, 15) is 9.59 Å². The second kappa shape index (κ2) is 8.53. The van der Waals surface area contributed by atoms with Gasteiger partial charge in [-0.3, -0.25) is 14.2 Å². The fourth-order valence-electron chi connectivity index (χ4n) is 3.54. The fraction of sp³-hybridized carbons (Fsp3) is 0.409. The van der Waals surface area contributed by atoms with Crippen molar-refractivity contribution in [1.82, 2.24) is 9.55 Å². The summed E-state index contributed by atoms with van der Waals surface area (Å²) in [5.74, 6) is 0.0999. The Hall–Kier alpha value is -2.16. The normalized spacial score (nSPS) is 16.1. The van der Waals surface area contributed by atoms with Crippen LogP contribution in [-0.4, -0.2) is 34.5 Å². The van der Waals surface area contributed by atoms with Crippen LogP contribution in [0.5, 0.6) is 0 Å². The van der Waals surface area contributed by atoms with Crippen LogP contribution in [0.2, 0.25) is 0 Å². The smallest absolute Gasteiger partial charge is 0.316 e. The van der Waals surface area contributed by atoms with Gasteiger partial charge in [-0.15, -0.1) is 11.3 Å². The lowest BCUT2D eigenvalue weighted by Gasteiger charge is -2.26. The summed E-state index contributed by atoms with van der Waals surface area (Å²) in [5, 5.41) is 1.16. The number of aryl methyl sites for hydroxylation is 1. The van der Waals surface area contributed by atoms with Gasteiger partial charge in [0.25, 0.3) is 5.56 Å². The second-order valence-corrected chi connectivity index (χ2v) is 9.74. The minimum Gasteiger partial charge on any atom is -0.468 e. The number of carbonyl (C=O) groups is 1. The molecule has 0 saturated carbocycles. The number of carbonyl (C=O) groups excluding carboxylic acids is 1. The number of hydrogen-bond acceptors (Lipinski definition) is 7. The van der Waals surface area contributed by atoms with Crippen LogP contribution in [0.15, 0.2) is 34.2 Å². The lowest BCUT2D eigenvalue weighted by Crippen LogP contribution is -2.28. The molecule has 2 aromatic heterocycles. The highest BCUT2D eigenvalue weighted by molar-refractivity contribution is 7.99. The predicted octanol–water partition coefficient (Wildman–Crippen LogP) is 4.12. The molecule has 1 atom stereocenters. The lowest BCUT2D eigenvalue weighted by molar-refractivity contribution is -0.137. The minimum atomic E-state index is -0.358. The van der Waals surface area contributed by atoms with Crippen molar-refractivity contribution in [2.75, 3.05) is 12.9 Å². The third-order valence-electron chi connectivity index (χ3n) is 5.29. The summed E-state index contributed by atoms with van der Waals surface area (Å²) in [7, 11) is 1.35. The third kappa shape index (κ3) is 3.91. The van der Waals surface area contributed by atoms with Gasteiger partial charge >= 0.3 is 5.97 Å². The van der Waals surface area contributed by atoms with E-state index in [1.807, 2.05) is 31.2 Å². The zero-order valence-electron chi connectivity index (χ0n) is 17.4. The van der Waals surface area contributed by atoms with Crippen LogP contribution >= 0.6 is 23.1 Å². The zero-order chi connectivity index (χ0) is 21.4. The van der Waals surface area contributed by atoms with E-state index in [0.717, 1.165) is 21.7 Å². The van der Waals surface area contributed by atoms with Crippen molar-refractivity contribution >= 4 is 39.3 Å². The number of hydrogen-bond donors (Lipinski definition) is 0. The standard InChI is InChI=1S/C22H24N2O4S2/c1-12(2)16-9-15-17(10-28-16)30-20-19(15)21(26)24(14-7-5-13(3)6-8-14)22(23-20)29-11-18(25)27-4/h5-8,12,16H,9-11H2,1-4H3. The topological polar surface area (TPSA) is 70.4 Å². The van der Waals surface area contributed by atoms with Crippen LogP contribution in [0.1, 0.15) is 29.9 Å². The molecule has 0 radical (unpaired) electrons. The molecular formula is C22H24N2O4S2. The van der Waals surface area contributed by atoms with Crippen molar-refractivity contribution in [2.45, 2.75) is 45.1 Å². The van der Waals surface area contributed by atoms with Crippen molar-refractivity contribution in [1.29, 1.82) is 0 Å². The minimum absolute atomic E-state index is 0.0872. The Bertz CT molecular complexity index is 1150. The number of thioether (sulfide) groups is 1. The number of nitrogens with zero attached hydrogens (tertiary/aromatic N) is 2. The molecule has 30 heavy (non-hydrogen) atoms. The number of esters is 1. The molecule has 8 heteroatoms. The Morgan fingerprint density at radius 1 is 1.37 bits per heavy atom. The van der Waals surface area contributed by atoms with Crippen LogP contribution in [0.4, 0.5) is 0 Å². The van der Waals surface area contributed by atoms with Crippen molar-refractivity contribution in [3.05, 3.63) is 50.6 Å². The Morgan fingerprint density at radius 3 is 2.77 bits per heavy atom. The van der Waals surface area contributed by atoms with Crippen LogP contribution in [0.25, 0.3) is 15.9 Å². The molecular weight excluding hydrogens is 420 g/mol. The SMILES string of the molecule is COC(=O)CSc1nc2sc3c(c2c(=O)n1-c1ccc(C)cc1)CC(C(C)C)OC3. The Kier molecular flexibility index (Phi) is 5.99. The lowest BCUT2D eigenvalue weighted by atomic mass is 9.96. The molecule has 1 unspecified atom stereocenters. The van der Waals surface area contributed by atoms with E-state index in [1.165, 1.54) is 30.2 Å². The van der Waals surface area contributed by atoms with E-state index in [2.05, 4.69) is 13.8 Å². The number of rotatable bonds is 5. The summed E-state index contributed by atoms with van der Waals surface area (Å²) in [6.07, 6.45) is 0.808. The molecule has 0 aliphatic carbocycles. The number of thiophene rings is 1. The first kappa shape index (κ1) is 21.1. The van der Waals surface area contributed by atoms with Crippen LogP contribution < -0.4 is 5.56 Å². The van der Waals surface area contributed by atoms with E-state index < -0.39 is 0 Å². The molecule has 3 heterocycles. The van der Waals surface area contributed by atoms with Crippen molar-refractivity contribution < 1.29 is 14.3 Å². The third-order valence-corrected chi connectivity index (χ3v) is 7.31. The van der Waals surface area contributed by atoms with Crippen molar-refractivity contribution in [3.63, 3.8) is 0 Å². The van der Waals surface area contributed by atoms with Gasteiger partial charge in [-0.2, -0.15) is 0 Å². The number of aromatic nitrogens is 2. The van der Waals surface area contributed by atoms with Crippen LogP contribution in [0, 0.1) is 12.8 Å². The molecule has 3 aromatic rings. The number of fused-ring (bicyclic) bond motifs is 3. The monoisotopic (exact) mass is 444 g/mol. The van der Waals surface area contributed by atoms with E-state index in [4.69, 9.17) is 14.5 Å². The molecule has 1 aromatic carbocycles. The van der Waals surface area contributed by atoms with Gasteiger partial charge in [0.15, 0.2) is 5.16 Å². The first-order chi connectivity index (χ1) is 14.4. The molecule has 0 amide bonds. The van der Waals surface area contributed by atoms with Gasteiger partial charge in [0, 0.05) is 11.3 Å². The maximum atomic E-state index is 13.7. The summed E-state index contributed by atoms with van der Waals surface area (Å²) >= 11 is 2.72. The van der Waals surface area contributed by atoms with E-state index in [0.29, 0.717) is 34.3 Å². The Labute approximate surface area is 183 Å². The van der Waals surface area contributed by atoms with Gasteiger partial charge in [-0.05, 0) is 30.5 Å². The van der Waals surface area contributed by atoms with Gasteiger partial charge < -0.3 is 9.47 Å². The van der Waals surface area contributed by atoms with Gasteiger partial charge in [0.1, 0.15) is 4.83 Å². The first-order valence-corrected chi connectivity index (χ1v) is 11.6. The quantitative estimate of drug-likeness (QED) is 0.335. The highest BCUT2D eigenvalue weighted by Gasteiger charge is 2.28. The predicted molar refractivity (Wildman–Crippen MR) is 120 cm³/mol. The number of methoxy groups -OCH3 is 1. The first-order valence-electron chi connectivity index (χ1n) is 9.84. The molecule has 0 fully saturated rings. The number of benzene rings is 1. The summed E-state index contributed by atoms with van der Waals surface area (Å²) < 4.78 is 12.4. The molecule has 1 aliphatic heterocycles. The highest BCUT2D eigenvalue weighted by atomic mass is 32.2. The number of ether oxygens (including phenoxy) is 2. The average molecular weight is 445 g/mol. The van der Waals surface area contributed by atoms with E-state index >= 15 is 0 Å². The molecule has 1 aliphatic rings. The zero-order valence-corrected chi connectivity index (χ0v) is 19.1. The van der Waals surface area contributed by atoms with Gasteiger partial charge in [-0.1, -0.05) is 43.3 Å². The summed E-state index contributed by atoms with van der Waals surface area (Å²) in [5.41, 5.74) is 2.80. The summed E-state index contributed by atoms with van der Waals surface area (Å²) in [6, 6.07) is 7.75. The van der Waals surface area contributed by atoms with E-state index in [-0.39, 0.29) is 23.4 Å². The highest BCUT2D eigenvalue weighted by Crippen LogP contribution is 2.36. The molecule has 4 rings (SSSR count). The Balaban J connectivity index is 1.90. The van der Waals surface area contributed by atoms with Crippen molar-refractivity contribution in [2.24, 2.45) is 5.92 Å². The van der Waals surface area contributed by atoms with Gasteiger partial charge in [0.05, 0.1) is 36.6 Å². The molecule has 0 saturated heterocycles. The van der Waals surface area contributed by atoms with Crippen LogP contribution in [-0.2, 0) is 27.3 Å². The second-order valence-electron chi connectivity index (χ2n) is 7.72. The van der Waals surface area contributed by atoms with E-state index in [1.54, 1.807) is 4.57 Å². The maximum Gasteiger partial charge on any atom is 0.316 e. The van der Waals surface area contributed by atoms with Crippen molar-refractivity contribution in [3.8, 4) is 5.69 Å². The molecule has 0 spiro atoms. The Morgan fingerprint density at radius 2 is 2.10 bits per heavy atom. The average Bonchev–Trinajstić information content (AvgIpc) is 3.10.